The Morgan fingerprint density at radius 2 is 2.11 bits per heavy atom. The molecule has 2 aliphatic rings. The molecule has 1 spiro atoms. The van der Waals surface area contributed by atoms with Crippen molar-refractivity contribution in [3.63, 3.8) is 0 Å². The third kappa shape index (κ3) is 1.68. The van der Waals surface area contributed by atoms with Crippen LogP contribution in [0, 0.1) is 0 Å². The third-order valence-corrected chi connectivity index (χ3v) is 4.01. The molecule has 1 fully saturated rings. The van der Waals surface area contributed by atoms with Gasteiger partial charge in [0.1, 0.15) is 5.60 Å². The summed E-state index contributed by atoms with van der Waals surface area (Å²) in [6.45, 7) is 1.70. The van der Waals surface area contributed by atoms with Crippen LogP contribution in [0.25, 0.3) is 0 Å². The second-order valence-electron chi connectivity index (χ2n) is 4.83. The number of carbonyl (C=O) groups is 1. The standard InChI is InChI=1S/C13H15ClN2O2/c1-16-11-3-2-9(14)8-10(11)13(18-12(16)17)4-6-15-7-5-13/h2-3,8,15H,4-7H2,1H3. The van der Waals surface area contributed by atoms with Gasteiger partial charge in [0.2, 0.25) is 0 Å². The zero-order valence-corrected chi connectivity index (χ0v) is 11.0. The van der Waals surface area contributed by atoms with Crippen LogP contribution in [0.3, 0.4) is 0 Å². The monoisotopic (exact) mass is 266 g/mol. The lowest BCUT2D eigenvalue weighted by Gasteiger charge is -2.43. The van der Waals surface area contributed by atoms with Gasteiger partial charge in [-0.3, -0.25) is 4.90 Å². The Morgan fingerprint density at radius 1 is 1.39 bits per heavy atom. The van der Waals surface area contributed by atoms with E-state index in [0.717, 1.165) is 37.2 Å². The molecule has 1 amide bonds. The van der Waals surface area contributed by atoms with Crippen LogP contribution in [0.5, 0.6) is 0 Å². The molecule has 5 heteroatoms. The van der Waals surface area contributed by atoms with E-state index in [1.807, 2.05) is 18.2 Å². The van der Waals surface area contributed by atoms with E-state index in [0.29, 0.717) is 5.02 Å². The summed E-state index contributed by atoms with van der Waals surface area (Å²) in [5, 5.41) is 3.97. The quantitative estimate of drug-likeness (QED) is 0.785. The van der Waals surface area contributed by atoms with E-state index in [9.17, 15) is 4.79 Å². The molecule has 0 aromatic heterocycles. The topological polar surface area (TPSA) is 41.6 Å². The third-order valence-electron chi connectivity index (χ3n) is 3.78. The Labute approximate surface area is 111 Å². The molecule has 1 aromatic carbocycles. The Morgan fingerprint density at radius 3 is 2.83 bits per heavy atom. The number of amides is 1. The van der Waals surface area contributed by atoms with E-state index < -0.39 is 5.60 Å². The van der Waals surface area contributed by atoms with E-state index in [2.05, 4.69) is 5.32 Å². The first-order chi connectivity index (χ1) is 8.62. The van der Waals surface area contributed by atoms with Crippen LogP contribution in [-0.2, 0) is 10.3 Å². The fourth-order valence-corrected chi connectivity index (χ4v) is 2.93. The summed E-state index contributed by atoms with van der Waals surface area (Å²) in [5.74, 6) is 0. The predicted octanol–water partition coefficient (Wildman–Crippen LogP) is 2.51. The number of nitrogens with zero attached hydrogens (tertiary/aromatic N) is 1. The normalized spacial score (nSPS) is 21.7. The van der Waals surface area contributed by atoms with Crippen LogP contribution in [0.1, 0.15) is 18.4 Å². The first kappa shape index (κ1) is 11.8. The van der Waals surface area contributed by atoms with Crippen molar-refractivity contribution in [2.24, 2.45) is 0 Å². The van der Waals surface area contributed by atoms with Gasteiger partial charge in [0, 0.05) is 30.5 Å². The van der Waals surface area contributed by atoms with Crippen LogP contribution in [-0.4, -0.2) is 26.2 Å². The van der Waals surface area contributed by atoms with Gasteiger partial charge >= 0.3 is 6.09 Å². The minimum Gasteiger partial charge on any atom is -0.437 e. The van der Waals surface area contributed by atoms with Crippen LogP contribution in [0.2, 0.25) is 5.02 Å². The van der Waals surface area contributed by atoms with Crippen LogP contribution in [0.4, 0.5) is 10.5 Å². The van der Waals surface area contributed by atoms with Crippen molar-refractivity contribution >= 4 is 23.4 Å². The van der Waals surface area contributed by atoms with Crippen LogP contribution in [0.15, 0.2) is 18.2 Å². The summed E-state index contributed by atoms with van der Waals surface area (Å²) in [5.41, 5.74) is 1.42. The summed E-state index contributed by atoms with van der Waals surface area (Å²) in [6.07, 6.45) is 1.30. The van der Waals surface area contributed by atoms with Gasteiger partial charge < -0.3 is 10.1 Å². The molecule has 2 heterocycles. The van der Waals surface area contributed by atoms with Gasteiger partial charge in [-0.1, -0.05) is 11.6 Å². The molecule has 96 valence electrons. The Bertz CT molecular complexity index is 498. The molecule has 4 nitrogen and oxygen atoms in total. The number of piperidine rings is 1. The summed E-state index contributed by atoms with van der Waals surface area (Å²) in [6, 6.07) is 5.62. The number of anilines is 1. The number of hydrogen-bond donors (Lipinski definition) is 1. The second kappa shape index (κ2) is 4.14. The lowest BCUT2D eigenvalue weighted by molar-refractivity contribution is -0.0170. The van der Waals surface area contributed by atoms with Crippen molar-refractivity contribution in [1.82, 2.24) is 5.32 Å². The molecule has 1 aromatic rings. The van der Waals surface area contributed by atoms with E-state index in [-0.39, 0.29) is 6.09 Å². The van der Waals surface area contributed by atoms with Gasteiger partial charge in [-0.05, 0) is 31.3 Å². The van der Waals surface area contributed by atoms with E-state index in [4.69, 9.17) is 16.3 Å². The van der Waals surface area contributed by atoms with Gasteiger partial charge in [-0.15, -0.1) is 0 Å². The van der Waals surface area contributed by atoms with Crippen molar-refractivity contribution in [2.45, 2.75) is 18.4 Å². The van der Waals surface area contributed by atoms with Crippen molar-refractivity contribution in [3.05, 3.63) is 28.8 Å². The highest BCUT2D eigenvalue weighted by Crippen LogP contribution is 2.44. The van der Waals surface area contributed by atoms with Gasteiger partial charge in [0.25, 0.3) is 0 Å². The highest BCUT2D eigenvalue weighted by Gasteiger charge is 2.44. The van der Waals surface area contributed by atoms with Gasteiger partial charge in [-0.2, -0.15) is 0 Å². The second-order valence-corrected chi connectivity index (χ2v) is 5.27. The molecular weight excluding hydrogens is 252 g/mol. The van der Waals surface area contributed by atoms with Crippen LogP contribution < -0.4 is 10.2 Å². The first-order valence-electron chi connectivity index (χ1n) is 6.10. The molecule has 0 saturated carbocycles. The maximum absolute atomic E-state index is 12.0. The molecule has 18 heavy (non-hydrogen) atoms. The Kier molecular flexibility index (Phi) is 2.72. The summed E-state index contributed by atoms with van der Waals surface area (Å²) in [7, 11) is 1.73. The Hall–Kier alpha value is -1.26. The van der Waals surface area contributed by atoms with E-state index in [1.54, 1.807) is 11.9 Å². The average Bonchev–Trinajstić information content (AvgIpc) is 2.37. The molecule has 3 rings (SSSR count). The minimum absolute atomic E-state index is 0.285. The van der Waals surface area contributed by atoms with Gasteiger partial charge in [0.05, 0.1) is 5.69 Å². The molecule has 0 bridgehead atoms. The van der Waals surface area contributed by atoms with Gasteiger partial charge in [0.15, 0.2) is 0 Å². The van der Waals surface area contributed by atoms with Crippen molar-refractivity contribution < 1.29 is 9.53 Å². The van der Waals surface area contributed by atoms with E-state index >= 15 is 0 Å². The maximum atomic E-state index is 12.0. The number of hydrogen-bond acceptors (Lipinski definition) is 3. The summed E-state index contributed by atoms with van der Waals surface area (Å²) >= 11 is 6.09. The average molecular weight is 267 g/mol. The van der Waals surface area contributed by atoms with Crippen molar-refractivity contribution in [3.8, 4) is 0 Å². The number of fused-ring (bicyclic) bond motifs is 2. The molecule has 0 aliphatic carbocycles. The number of benzene rings is 1. The highest BCUT2D eigenvalue weighted by atomic mass is 35.5. The van der Waals surface area contributed by atoms with Crippen molar-refractivity contribution in [2.75, 3.05) is 25.0 Å². The van der Waals surface area contributed by atoms with Gasteiger partial charge in [-0.25, -0.2) is 4.79 Å². The molecule has 1 N–H and O–H groups in total. The fourth-order valence-electron chi connectivity index (χ4n) is 2.76. The highest BCUT2D eigenvalue weighted by molar-refractivity contribution is 6.30. The maximum Gasteiger partial charge on any atom is 0.414 e. The zero-order chi connectivity index (χ0) is 12.8. The number of halogens is 1. The lowest BCUT2D eigenvalue weighted by atomic mass is 9.82. The lowest BCUT2D eigenvalue weighted by Crippen LogP contribution is -2.49. The van der Waals surface area contributed by atoms with E-state index in [1.165, 1.54) is 0 Å². The first-order valence-corrected chi connectivity index (χ1v) is 6.48. The molecule has 0 radical (unpaired) electrons. The number of carbonyl (C=O) groups excluding carboxylic acids is 1. The number of ether oxygens (including phenoxy) is 1. The zero-order valence-electron chi connectivity index (χ0n) is 10.2. The predicted molar refractivity (Wildman–Crippen MR) is 70.1 cm³/mol. The SMILES string of the molecule is CN1C(=O)OC2(CCNCC2)c2cc(Cl)ccc21. The molecule has 2 aliphatic heterocycles. The summed E-state index contributed by atoms with van der Waals surface area (Å²) < 4.78 is 5.70. The molecular formula is C13H15ClN2O2. The molecule has 1 saturated heterocycles. The van der Waals surface area contributed by atoms with Crippen molar-refractivity contribution in [1.29, 1.82) is 0 Å². The Balaban J connectivity index is 2.15. The minimum atomic E-state index is -0.505. The summed E-state index contributed by atoms with van der Waals surface area (Å²) in [4.78, 5) is 13.5. The number of nitrogens with one attached hydrogen (secondary N) is 1. The number of rotatable bonds is 0. The molecule has 0 unspecified atom stereocenters. The van der Waals surface area contributed by atoms with Crippen LogP contribution >= 0.6 is 11.6 Å². The molecule has 0 atom stereocenters. The smallest absolute Gasteiger partial charge is 0.414 e. The fraction of sp³-hybridized carbons (Fsp3) is 0.462. The largest absolute Gasteiger partial charge is 0.437 e.